The van der Waals surface area contributed by atoms with Crippen LogP contribution < -0.4 is 15.2 Å². The first kappa shape index (κ1) is 29.6. The minimum absolute atomic E-state index is 0.108. The molecule has 0 radical (unpaired) electrons. The van der Waals surface area contributed by atoms with Crippen molar-refractivity contribution in [3.8, 4) is 29.1 Å². The average molecular weight is 649 g/mol. The van der Waals surface area contributed by atoms with Crippen LogP contribution in [0.4, 0.5) is 9.39 Å². The zero-order valence-electron chi connectivity index (χ0n) is 24.9. The lowest BCUT2D eigenvalue weighted by molar-refractivity contribution is 0.135. The van der Waals surface area contributed by atoms with Gasteiger partial charge < -0.3 is 24.8 Å². The van der Waals surface area contributed by atoms with E-state index in [-0.39, 0.29) is 64.1 Å². The van der Waals surface area contributed by atoms with Gasteiger partial charge in [0.25, 0.3) is 0 Å². The normalized spacial score (nSPS) is 16.6. The van der Waals surface area contributed by atoms with Crippen molar-refractivity contribution < 1.29 is 18.6 Å². The SMILES string of the molecule is CC(C)n1cc(COc2nc(OC[C@@H]3CCCN3C)nc3c(Cl)c(-c4ccc(F)c5sc(N)c(C#N)c45)c4c(c23)COC4)nn1. The Morgan fingerprint density at radius 3 is 2.78 bits per heavy atom. The zero-order chi connectivity index (χ0) is 31.4. The molecule has 3 aromatic heterocycles. The highest BCUT2D eigenvalue weighted by atomic mass is 35.5. The number of likely N-dealkylation sites (tertiary alicyclic amines) is 1. The van der Waals surface area contributed by atoms with Crippen LogP contribution >= 0.6 is 22.9 Å². The van der Waals surface area contributed by atoms with Crippen LogP contribution in [0.5, 0.6) is 11.9 Å². The van der Waals surface area contributed by atoms with Crippen LogP contribution in [0.3, 0.4) is 0 Å². The fraction of sp³-hybridized carbons (Fsp3) is 0.387. The van der Waals surface area contributed by atoms with Crippen molar-refractivity contribution in [2.45, 2.75) is 58.6 Å². The number of aromatic nitrogens is 5. The van der Waals surface area contributed by atoms with Crippen molar-refractivity contribution >= 4 is 48.9 Å². The van der Waals surface area contributed by atoms with E-state index in [0.717, 1.165) is 41.9 Å². The number of nitrogens with zero attached hydrogens (tertiary/aromatic N) is 7. The van der Waals surface area contributed by atoms with Gasteiger partial charge in [-0.25, -0.2) is 9.07 Å². The van der Waals surface area contributed by atoms with Gasteiger partial charge in [0.1, 0.15) is 41.3 Å². The predicted octanol–water partition coefficient (Wildman–Crippen LogP) is 6.01. The average Bonchev–Trinajstić information content (AvgIpc) is 3.83. The number of nitrogen functional groups attached to an aromatic ring is 1. The number of hydrogen-bond donors (Lipinski definition) is 1. The summed E-state index contributed by atoms with van der Waals surface area (Å²) in [5.74, 6) is -0.178. The maximum absolute atomic E-state index is 15.0. The first-order valence-electron chi connectivity index (χ1n) is 14.6. The molecule has 0 unspecified atom stereocenters. The third-order valence-electron chi connectivity index (χ3n) is 8.46. The molecule has 11 nitrogen and oxygen atoms in total. The lowest BCUT2D eigenvalue weighted by Crippen LogP contribution is -2.30. The third-order valence-corrected chi connectivity index (χ3v) is 9.86. The number of nitriles is 1. The number of nitrogens with two attached hydrogens (primary N) is 1. The molecular weight excluding hydrogens is 619 g/mol. The summed E-state index contributed by atoms with van der Waals surface area (Å²) < 4.78 is 35.4. The Morgan fingerprint density at radius 2 is 2.04 bits per heavy atom. The smallest absolute Gasteiger partial charge is 0.320 e. The van der Waals surface area contributed by atoms with Crippen LogP contribution in [0.15, 0.2) is 18.3 Å². The molecule has 1 fully saturated rings. The van der Waals surface area contributed by atoms with E-state index in [1.54, 1.807) is 10.7 Å². The maximum atomic E-state index is 15.0. The van der Waals surface area contributed by atoms with Gasteiger partial charge in [0.2, 0.25) is 5.88 Å². The molecule has 1 saturated heterocycles. The molecule has 2 N–H and O–H groups in total. The van der Waals surface area contributed by atoms with Crippen LogP contribution in [-0.4, -0.2) is 56.1 Å². The van der Waals surface area contributed by atoms with Crippen LogP contribution in [0, 0.1) is 17.1 Å². The Labute approximate surface area is 267 Å². The Kier molecular flexibility index (Phi) is 7.69. The minimum Gasteiger partial charge on any atom is -0.470 e. The second-order valence-corrected chi connectivity index (χ2v) is 13.0. The van der Waals surface area contributed by atoms with Gasteiger partial charge in [-0.1, -0.05) is 22.9 Å². The van der Waals surface area contributed by atoms with E-state index >= 15 is 0 Å². The number of fused-ring (bicyclic) bond motifs is 4. The van der Waals surface area contributed by atoms with E-state index in [0.29, 0.717) is 39.7 Å². The summed E-state index contributed by atoms with van der Waals surface area (Å²) in [5.41, 5.74) is 10.2. The topological polar surface area (TPSA) is 137 Å². The van der Waals surface area contributed by atoms with Gasteiger partial charge in [-0.15, -0.1) is 16.4 Å². The molecule has 7 rings (SSSR count). The Balaban J connectivity index is 1.41. The number of halogens is 2. The molecule has 0 amide bonds. The summed E-state index contributed by atoms with van der Waals surface area (Å²) in [5, 5.41) is 19.9. The highest BCUT2D eigenvalue weighted by Gasteiger charge is 2.31. The summed E-state index contributed by atoms with van der Waals surface area (Å²) >= 11 is 8.29. The predicted molar refractivity (Wildman–Crippen MR) is 169 cm³/mol. The van der Waals surface area contributed by atoms with E-state index in [2.05, 4.69) is 28.3 Å². The molecular formula is C31H30ClFN8O3S. The van der Waals surface area contributed by atoms with Crippen molar-refractivity contribution in [2.24, 2.45) is 0 Å². The number of anilines is 1. The van der Waals surface area contributed by atoms with E-state index in [1.807, 2.05) is 20.0 Å². The second kappa shape index (κ2) is 11.7. The summed E-state index contributed by atoms with van der Waals surface area (Å²) in [6.45, 7) is 6.05. The van der Waals surface area contributed by atoms with Crippen molar-refractivity contribution in [3.63, 3.8) is 0 Å². The van der Waals surface area contributed by atoms with Gasteiger partial charge in [-0.2, -0.15) is 15.2 Å². The minimum atomic E-state index is -0.461. The van der Waals surface area contributed by atoms with Gasteiger partial charge in [-0.05, 0) is 63.0 Å². The highest BCUT2D eigenvalue weighted by molar-refractivity contribution is 7.23. The molecule has 5 heterocycles. The number of benzene rings is 2. The number of rotatable bonds is 8. The number of likely N-dealkylation sites (N-methyl/N-ethyl adjacent to an activating group) is 1. The molecule has 2 aliphatic rings. The van der Waals surface area contributed by atoms with Crippen LogP contribution in [-0.2, 0) is 24.6 Å². The van der Waals surface area contributed by atoms with Gasteiger partial charge in [-0.3, -0.25) is 0 Å². The number of hydrogen-bond acceptors (Lipinski definition) is 11. The van der Waals surface area contributed by atoms with Crippen molar-refractivity contribution in [1.29, 1.82) is 5.26 Å². The Morgan fingerprint density at radius 1 is 1.22 bits per heavy atom. The van der Waals surface area contributed by atoms with Crippen molar-refractivity contribution in [3.05, 3.63) is 51.6 Å². The zero-order valence-corrected chi connectivity index (χ0v) is 26.5. The van der Waals surface area contributed by atoms with Gasteiger partial charge >= 0.3 is 6.01 Å². The third kappa shape index (κ3) is 5.11. The molecule has 0 aliphatic carbocycles. The first-order valence-corrected chi connectivity index (χ1v) is 15.8. The lowest BCUT2D eigenvalue weighted by atomic mass is 9.91. The van der Waals surface area contributed by atoms with Crippen molar-refractivity contribution in [1.82, 2.24) is 29.9 Å². The van der Waals surface area contributed by atoms with Gasteiger partial charge in [0.05, 0.1) is 40.1 Å². The largest absolute Gasteiger partial charge is 0.470 e. The molecule has 14 heteroatoms. The van der Waals surface area contributed by atoms with Gasteiger partial charge in [0.15, 0.2) is 0 Å². The van der Waals surface area contributed by atoms with Crippen LogP contribution in [0.25, 0.3) is 32.1 Å². The summed E-state index contributed by atoms with van der Waals surface area (Å²) in [6, 6.07) is 5.64. The van der Waals surface area contributed by atoms with E-state index < -0.39 is 5.82 Å². The Hall–Kier alpha value is -4.09. The van der Waals surface area contributed by atoms with Crippen LogP contribution in [0.1, 0.15) is 55.1 Å². The Bertz CT molecular complexity index is 2010. The molecule has 45 heavy (non-hydrogen) atoms. The lowest BCUT2D eigenvalue weighted by Gasteiger charge is -2.20. The fourth-order valence-electron chi connectivity index (χ4n) is 6.07. The maximum Gasteiger partial charge on any atom is 0.320 e. The molecule has 0 saturated carbocycles. The van der Waals surface area contributed by atoms with E-state index in [9.17, 15) is 9.65 Å². The van der Waals surface area contributed by atoms with Crippen molar-refractivity contribution in [2.75, 3.05) is 25.9 Å². The molecule has 1 atom stereocenters. The highest BCUT2D eigenvalue weighted by Crippen LogP contribution is 2.49. The summed E-state index contributed by atoms with van der Waals surface area (Å²) in [4.78, 5) is 11.8. The van der Waals surface area contributed by atoms with E-state index in [4.69, 9.17) is 41.5 Å². The van der Waals surface area contributed by atoms with Crippen LogP contribution in [0.2, 0.25) is 5.02 Å². The van der Waals surface area contributed by atoms with E-state index in [1.165, 1.54) is 6.07 Å². The molecule has 2 aromatic carbocycles. The molecule has 232 valence electrons. The molecule has 0 spiro atoms. The fourth-order valence-corrected chi connectivity index (χ4v) is 7.37. The standard InChI is InChI=1S/C31H30ClFN8O3S/c1-15(2)41-10-16(38-39-41)11-43-30-25-21-14-42-13-20(21)23(18-6-7-22(33)28-24(18)19(9-34)29(35)45-28)26(32)27(25)36-31(37-30)44-12-17-5-4-8-40(17)3/h6-7,10,15,17H,4-5,8,11-14,35H2,1-3H3/t17-/m0/s1. The number of thiophene rings is 1. The first-order chi connectivity index (χ1) is 21.7. The second-order valence-electron chi connectivity index (χ2n) is 11.6. The molecule has 0 bridgehead atoms. The van der Waals surface area contributed by atoms with Gasteiger partial charge in [0, 0.05) is 23.0 Å². The monoisotopic (exact) mass is 648 g/mol. The number of ether oxygens (including phenoxy) is 3. The molecule has 2 aliphatic heterocycles. The summed E-state index contributed by atoms with van der Waals surface area (Å²) in [6.07, 6.45) is 3.94. The quantitative estimate of drug-likeness (QED) is 0.213. The summed E-state index contributed by atoms with van der Waals surface area (Å²) in [7, 11) is 2.07. The molecule has 5 aromatic rings.